The summed E-state index contributed by atoms with van der Waals surface area (Å²) in [5, 5.41) is 0. The predicted octanol–water partition coefficient (Wildman–Crippen LogP) is 2.56. The number of aryl methyl sites for hydroxylation is 1. The first kappa shape index (κ1) is 13.3. The molecule has 0 saturated heterocycles. The summed E-state index contributed by atoms with van der Waals surface area (Å²) in [6, 6.07) is 5.90. The Bertz CT molecular complexity index is 576. The van der Waals surface area contributed by atoms with Crippen LogP contribution < -0.4 is 10.5 Å². The smallest absolute Gasteiger partial charge is 0.223 e. The first-order valence-corrected chi connectivity index (χ1v) is 6.17. The van der Waals surface area contributed by atoms with Crippen molar-refractivity contribution in [3.8, 4) is 17.1 Å². The lowest BCUT2D eigenvalue weighted by atomic mass is 9.99. The number of nitrogen functional groups attached to an aromatic ring is 1. The Morgan fingerprint density at radius 3 is 2.47 bits per heavy atom. The van der Waals surface area contributed by atoms with Crippen LogP contribution in [-0.4, -0.2) is 22.1 Å². The van der Waals surface area contributed by atoms with Crippen molar-refractivity contribution < 1.29 is 4.74 Å². The minimum absolute atomic E-state index is 0.240. The van der Waals surface area contributed by atoms with Crippen LogP contribution in [0.25, 0.3) is 11.4 Å². The molecule has 0 fully saturated rings. The number of hydrogen-bond donors (Lipinski definition) is 1. The molecule has 5 nitrogen and oxygen atoms in total. The topological polar surface area (TPSA) is 73.9 Å². The van der Waals surface area contributed by atoms with Gasteiger partial charge in [0.15, 0.2) is 5.82 Å². The molecular weight excluding hydrogens is 240 g/mol. The fraction of sp³-hybridized carbons (Fsp3) is 0.357. The second-order valence-corrected chi connectivity index (χ2v) is 4.68. The largest absolute Gasteiger partial charge is 0.496 e. The van der Waals surface area contributed by atoms with E-state index >= 15 is 0 Å². The van der Waals surface area contributed by atoms with Crippen molar-refractivity contribution in [3.63, 3.8) is 0 Å². The summed E-state index contributed by atoms with van der Waals surface area (Å²) in [5.74, 6) is 2.68. The number of nitrogens with zero attached hydrogens (tertiary/aromatic N) is 3. The number of ether oxygens (including phenoxy) is 1. The minimum atomic E-state index is 0.240. The van der Waals surface area contributed by atoms with Crippen LogP contribution >= 0.6 is 0 Å². The van der Waals surface area contributed by atoms with E-state index in [2.05, 4.69) is 28.8 Å². The van der Waals surface area contributed by atoms with E-state index < -0.39 is 0 Å². The number of rotatable bonds is 3. The lowest BCUT2D eigenvalue weighted by Crippen LogP contribution is -2.02. The van der Waals surface area contributed by atoms with Crippen molar-refractivity contribution in [3.05, 3.63) is 29.6 Å². The molecule has 1 heterocycles. The third kappa shape index (κ3) is 2.81. The maximum atomic E-state index is 5.66. The molecule has 0 unspecified atom stereocenters. The van der Waals surface area contributed by atoms with Crippen molar-refractivity contribution in [2.75, 3.05) is 12.8 Å². The van der Waals surface area contributed by atoms with Gasteiger partial charge in [-0.25, -0.2) is 4.98 Å². The van der Waals surface area contributed by atoms with Gasteiger partial charge in [-0.3, -0.25) is 0 Å². The second-order valence-electron chi connectivity index (χ2n) is 4.68. The van der Waals surface area contributed by atoms with E-state index in [9.17, 15) is 0 Å². The SMILES string of the molecule is COc1ccc(-c2nc(C)nc(N)n2)cc1C(C)C. The Balaban J connectivity index is 2.53. The van der Waals surface area contributed by atoms with Gasteiger partial charge in [0.25, 0.3) is 0 Å². The van der Waals surface area contributed by atoms with Gasteiger partial charge in [-0.1, -0.05) is 13.8 Å². The molecule has 5 heteroatoms. The molecule has 2 aromatic rings. The van der Waals surface area contributed by atoms with Crippen molar-refractivity contribution >= 4 is 5.95 Å². The average Bonchev–Trinajstić information content (AvgIpc) is 2.36. The Morgan fingerprint density at radius 2 is 1.89 bits per heavy atom. The molecule has 0 aliphatic carbocycles. The van der Waals surface area contributed by atoms with Gasteiger partial charge in [-0.15, -0.1) is 0 Å². The number of benzene rings is 1. The highest BCUT2D eigenvalue weighted by Gasteiger charge is 2.11. The summed E-state index contributed by atoms with van der Waals surface area (Å²) in [4.78, 5) is 12.5. The van der Waals surface area contributed by atoms with E-state index in [-0.39, 0.29) is 5.95 Å². The van der Waals surface area contributed by atoms with Gasteiger partial charge in [-0.05, 0) is 36.6 Å². The maximum absolute atomic E-state index is 5.66. The number of aromatic nitrogens is 3. The third-order valence-corrected chi connectivity index (χ3v) is 2.87. The molecule has 19 heavy (non-hydrogen) atoms. The van der Waals surface area contributed by atoms with Gasteiger partial charge >= 0.3 is 0 Å². The second kappa shape index (κ2) is 5.22. The molecule has 0 radical (unpaired) electrons. The van der Waals surface area contributed by atoms with Crippen LogP contribution in [0.15, 0.2) is 18.2 Å². The summed E-state index contributed by atoms with van der Waals surface area (Å²) < 4.78 is 5.37. The highest BCUT2D eigenvalue weighted by atomic mass is 16.5. The quantitative estimate of drug-likeness (QED) is 0.915. The molecule has 1 aromatic carbocycles. The van der Waals surface area contributed by atoms with E-state index in [1.807, 2.05) is 18.2 Å². The van der Waals surface area contributed by atoms with E-state index in [0.717, 1.165) is 16.9 Å². The average molecular weight is 258 g/mol. The first-order chi connectivity index (χ1) is 9.01. The van der Waals surface area contributed by atoms with Crippen LogP contribution in [0.3, 0.4) is 0 Å². The van der Waals surface area contributed by atoms with Crippen molar-refractivity contribution in [1.82, 2.24) is 15.0 Å². The fourth-order valence-corrected chi connectivity index (χ4v) is 1.96. The minimum Gasteiger partial charge on any atom is -0.496 e. The van der Waals surface area contributed by atoms with Gasteiger partial charge < -0.3 is 10.5 Å². The van der Waals surface area contributed by atoms with Crippen LogP contribution in [0, 0.1) is 6.92 Å². The summed E-state index contributed by atoms with van der Waals surface area (Å²) in [6.07, 6.45) is 0. The highest BCUT2D eigenvalue weighted by molar-refractivity contribution is 5.60. The summed E-state index contributed by atoms with van der Waals surface area (Å²) in [6.45, 7) is 6.04. The number of anilines is 1. The van der Waals surface area contributed by atoms with Gasteiger partial charge in [0.1, 0.15) is 11.6 Å². The standard InChI is InChI=1S/C14H18N4O/c1-8(2)11-7-10(5-6-12(11)19-4)13-16-9(3)17-14(15)18-13/h5-8H,1-4H3,(H2,15,16,17,18). The molecular formula is C14H18N4O. The summed E-state index contributed by atoms with van der Waals surface area (Å²) in [7, 11) is 1.67. The molecule has 0 spiro atoms. The van der Waals surface area contributed by atoms with Crippen molar-refractivity contribution in [1.29, 1.82) is 0 Å². The van der Waals surface area contributed by atoms with Crippen LogP contribution in [0.2, 0.25) is 0 Å². The highest BCUT2D eigenvalue weighted by Crippen LogP contribution is 2.30. The Hall–Kier alpha value is -2.17. The van der Waals surface area contributed by atoms with Gasteiger partial charge in [-0.2, -0.15) is 9.97 Å². The molecule has 2 rings (SSSR count). The van der Waals surface area contributed by atoms with Gasteiger partial charge in [0.05, 0.1) is 7.11 Å². The van der Waals surface area contributed by atoms with Crippen molar-refractivity contribution in [2.24, 2.45) is 0 Å². The lowest BCUT2D eigenvalue weighted by Gasteiger charge is -2.13. The zero-order valence-electron chi connectivity index (χ0n) is 11.6. The predicted molar refractivity (Wildman–Crippen MR) is 75.1 cm³/mol. The molecule has 0 aliphatic heterocycles. The molecule has 0 amide bonds. The van der Waals surface area contributed by atoms with Crippen LogP contribution in [0.4, 0.5) is 5.95 Å². The number of methoxy groups -OCH3 is 1. The van der Waals surface area contributed by atoms with E-state index in [1.165, 1.54) is 0 Å². The van der Waals surface area contributed by atoms with E-state index in [0.29, 0.717) is 17.6 Å². The van der Waals surface area contributed by atoms with E-state index in [1.54, 1.807) is 14.0 Å². The molecule has 0 bridgehead atoms. The normalized spacial score (nSPS) is 10.8. The monoisotopic (exact) mass is 258 g/mol. The van der Waals surface area contributed by atoms with Gasteiger partial charge in [0.2, 0.25) is 5.95 Å². The number of hydrogen-bond acceptors (Lipinski definition) is 5. The molecule has 0 aliphatic rings. The van der Waals surface area contributed by atoms with Crippen molar-refractivity contribution in [2.45, 2.75) is 26.7 Å². The van der Waals surface area contributed by atoms with Crippen LogP contribution in [0.5, 0.6) is 5.75 Å². The Kier molecular flexibility index (Phi) is 3.64. The Morgan fingerprint density at radius 1 is 1.16 bits per heavy atom. The summed E-state index contributed by atoms with van der Waals surface area (Å²) >= 11 is 0. The zero-order chi connectivity index (χ0) is 14.0. The van der Waals surface area contributed by atoms with Crippen LogP contribution in [0.1, 0.15) is 31.2 Å². The lowest BCUT2D eigenvalue weighted by molar-refractivity contribution is 0.407. The molecule has 1 aromatic heterocycles. The van der Waals surface area contributed by atoms with Crippen LogP contribution in [-0.2, 0) is 0 Å². The fourth-order valence-electron chi connectivity index (χ4n) is 1.96. The molecule has 0 saturated carbocycles. The zero-order valence-corrected chi connectivity index (χ0v) is 11.6. The summed E-state index contributed by atoms with van der Waals surface area (Å²) in [5.41, 5.74) is 7.70. The van der Waals surface area contributed by atoms with Gasteiger partial charge in [0, 0.05) is 5.56 Å². The Labute approximate surface area is 112 Å². The molecule has 0 atom stereocenters. The van der Waals surface area contributed by atoms with E-state index in [4.69, 9.17) is 10.5 Å². The molecule has 100 valence electrons. The third-order valence-electron chi connectivity index (χ3n) is 2.87. The molecule has 2 N–H and O–H groups in total. The maximum Gasteiger partial charge on any atom is 0.223 e. The number of nitrogens with two attached hydrogens (primary N) is 1. The first-order valence-electron chi connectivity index (χ1n) is 6.17.